The number of carbonyl (C=O) groups is 2. The van der Waals surface area contributed by atoms with Crippen LogP contribution in [-0.4, -0.2) is 48.4 Å². The van der Waals surface area contributed by atoms with Crippen LogP contribution in [-0.2, 0) is 19.1 Å². The number of rotatable bonds is 26. The molecule has 6 nitrogen and oxygen atoms in total. The van der Waals surface area contributed by atoms with E-state index < -0.39 is 36.6 Å². The number of allylic oxidation sites excluding steroid dienone is 4. The summed E-state index contributed by atoms with van der Waals surface area (Å²) in [6.45, 7) is 3.18. The Morgan fingerprint density at radius 1 is 0.875 bits per heavy atom. The molecule has 0 bridgehead atoms. The Morgan fingerprint density at radius 3 is 2.19 bits per heavy atom. The van der Waals surface area contributed by atoms with E-state index in [-0.39, 0.29) is 18.3 Å². The van der Waals surface area contributed by atoms with E-state index in [1.807, 2.05) is 12.2 Å². The van der Waals surface area contributed by atoms with Crippen molar-refractivity contribution >= 4 is 11.9 Å². The van der Waals surface area contributed by atoms with Gasteiger partial charge >= 0.3 is 11.9 Å². The fraction of sp³-hybridized carbons (Fsp3) is 0.650. The molecule has 0 aliphatic heterocycles. The predicted molar refractivity (Wildman–Crippen MR) is 188 cm³/mol. The summed E-state index contributed by atoms with van der Waals surface area (Å²) < 4.78 is 45.2. The van der Waals surface area contributed by atoms with Crippen LogP contribution in [0.15, 0.2) is 66.8 Å². The van der Waals surface area contributed by atoms with Crippen LogP contribution in [0.25, 0.3) is 0 Å². The highest BCUT2D eigenvalue weighted by Crippen LogP contribution is 2.39. The summed E-state index contributed by atoms with van der Waals surface area (Å²) in [5, 5.41) is 10.7. The van der Waals surface area contributed by atoms with E-state index in [2.05, 4.69) is 19.1 Å². The number of aliphatic hydroxyl groups excluding tert-OH is 1. The van der Waals surface area contributed by atoms with Gasteiger partial charge in [0.25, 0.3) is 5.92 Å². The van der Waals surface area contributed by atoms with E-state index in [1.165, 1.54) is 77.2 Å². The van der Waals surface area contributed by atoms with E-state index in [0.29, 0.717) is 38.0 Å². The van der Waals surface area contributed by atoms with Crippen LogP contribution >= 0.6 is 0 Å². The fourth-order valence-corrected chi connectivity index (χ4v) is 6.02. The molecule has 1 fully saturated rings. The van der Waals surface area contributed by atoms with E-state index in [9.17, 15) is 23.5 Å². The van der Waals surface area contributed by atoms with Crippen LogP contribution in [0.1, 0.15) is 123 Å². The van der Waals surface area contributed by atoms with Gasteiger partial charge in [0.15, 0.2) is 6.61 Å². The standard InChI is InChI=1S/C40H60F2O6/c1-3-4-5-6-7-8-9-10-11-12-13-14-17-23-30-46-39(45)27-22-16-15-21-26-36-35(37(44)31-38(36)48-33(2)43)28-29-40(41,42)32-47-34-24-19-18-20-25-34/h8-9,15,18-21,24-25,28-29,35-38,44H,3-7,10-14,16-17,22-23,26-27,30-32H2,1-2H3/b9-8+,21-15-,29-28+/t35-,36-,37-,38+/m1/s1. The zero-order valence-electron chi connectivity index (χ0n) is 29.3. The summed E-state index contributed by atoms with van der Waals surface area (Å²) in [5.74, 6) is -4.52. The molecule has 1 aromatic carbocycles. The molecule has 0 aromatic heterocycles. The van der Waals surface area contributed by atoms with Crippen molar-refractivity contribution in [1.82, 2.24) is 0 Å². The lowest BCUT2D eigenvalue weighted by molar-refractivity contribution is -0.148. The van der Waals surface area contributed by atoms with Crippen LogP contribution in [0.5, 0.6) is 5.75 Å². The third kappa shape index (κ3) is 19.1. The molecule has 0 spiro atoms. The molecule has 0 radical (unpaired) electrons. The van der Waals surface area contributed by atoms with Gasteiger partial charge in [0.05, 0.1) is 12.7 Å². The lowest BCUT2D eigenvalue weighted by atomic mass is 9.89. The summed E-state index contributed by atoms with van der Waals surface area (Å²) in [6, 6.07) is 8.40. The van der Waals surface area contributed by atoms with Crippen LogP contribution < -0.4 is 4.74 Å². The number of hydrogen-bond donors (Lipinski definition) is 1. The fourth-order valence-electron chi connectivity index (χ4n) is 6.02. The van der Waals surface area contributed by atoms with Gasteiger partial charge in [-0.3, -0.25) is 9.59 Å². The Bertz CT molecular complexity index is 1090. The number of hydrogen-bond acceptors (Lipinski definition) is 6. The Labute approximate surface area is 288 Å². The van der Waals surface area contributed by atoms with Gasteiger partial charge in [-0.15, -0.1) is 0 Å². The number of esters is 2. The van der Waals surface area contributed by atoms with Gasteiger partial charge in [0, 0.05) is 31.6 Å². The number of halogens is 2. The summed E-state index contributed by atoms with van der Waals surface area (Å²) in [7, 11) is 0. The van der Waals surface area contributed by atoms with Crippen molar-refractivity contribution in [3.8, 4) is 5.75 Å². The number of aliphatic hydroxyl groups is 1. The smallest absolute Gasteiger partial charge is 0.305 e. The molecule has 8 heteroatoms. The second-order valence-electron chi connectivity index (χ2n) is 13.0. The van der Waals surface area contributed by atoms with Crippen LogP contribution in [0.2, 0.25) is 0 Å². The molecule has 48 heavy (non-hydrogen) atoms. The molecular formula is C40H60F2O6. The van der Waals surface area contributed by atoms with Crippen molar-refractivity contribution in [2.75, 3.05) is 13.2 Å². The number of alkyl halides is 2. The molecule has 0 unspecified atom stereocenters. The third-order valence-corrected chi connectivity index (χ3v) is 8.69. The first-order valence-corrected chi connectivity index (χ1v) is 18.3. The van der Waals surface area contributed by atoms with E-state index >= 15 is 0 Å². The largest absolute Gasteiger partial charge is 0.487 e. The Hall–Kier alpha value is -3.00. The Morgan fingerprint density at radius 2 is 1.50 bits per heavy atom. The lowest BCUT2D eigenvalue weighted by Crippen LogP contribution is -2.26. The normalized spacial score (nSPS) is 19.9. The first-order valence-electron chi connectivity index (χ1n) is 18.3. The SMILES string of the molecule is CCCCCC/C=C/CCCCCCCCOC(=O)CCC/C=C\C[C@@H]1[C@@H](/C=C/C(F)(F)COc2ccccc2)[C@H](O)C[C@@H]1OC(C)=O. The monoisotopic (exact) mass is 674 g/mol. The van der Waals surface area contributed by atoms with E-state index in [0.717, 1.165) is 18.9 Å². The second kappa shape index (κ2) is 25.0. The Balaban J connectivity index is 1.61. The number of para-hydroxylation sites is 1. The topological polar surface area (TPSA) is 82.1 Å². The minimum absolute atomic E-state index is 0.182. The highest BCUT2D eigenvalue weighted by molar-refractivity contribution is 5.69. The third-order valence-electron chi connectivity index (χ3n) is 8.69. The van der Waals surface area contributed by atoms with E-state index in [4.69, 9.17) is 14.2 Å². The number of ether oxygens (including phenoxy) is 3. The predicted octanol–water partition coefficient (Wildman–Crippen LogP) is 10.1. The van der Waals surface area contributed by atoms with Crippen LogP contribution in [0.4, 0.5) is 8.78 Å². The van der Waals surface area contributed by atoms with Gasteiger partial charge in [-0.25, -0.2) is 0 Å². The minimum Gasteiger partial charge on any atom is -0.487 e. The Kier molecular flexibility index (Phi) is 21.5. The van der Waals surface area contributed by atoms with Gasteiger partial charge in [-0.1, -0.05) is 100 Å². The molecule has 270 valence electrons. The number of benzene rings is 1. The summed E-state index contributed by atoms with van der Waals surface area (Å²) in [5.41, 5.74) is 0. The molecule has 1 saturated carbocycles. The molecule has 1 aliphatic carbocycles. The maximum atomic E-state index is 14.6. The minimum atomic E-state index is -3.24. The van der Waals surface area contributed by atoms with E-state index in [1.54, 1.807) is 30.3 Å². The van der Waals surface area contributed by atoms with Crippen LogP contribution in [0, 0.1) is 11.8 Å². The maximum absolute atomic E-state index is 14.6. The average molecular weight is 675 g/mol. The number of carbonyl (C=O) groups excluding carboxylic acids is 2. The molecule has 4 atom stereocenters. The average Bonchev–Trinajstić information content (AvgIpc) is 3.35. The highest BCUT2D eigenvalue weighted by atomic mass is 19.3. The van der Waals surface area contributed by atoms with Crippen molar-refractivity contribution in [3.05, 3.63) is 66.8 Å². The van der Waals surface area contributed by atoms with Crippen molar-refractivity contribution in [1.29, 1.82) is 0 Å². The highest BCUT2D eigenvalue weighted by Gasteiger charge is 2.43. The molecule has 0 heterocycles. The molecule has 1 N–H and O–H groups in total. The van der Waals surface area contributed by atoms with Gasteiger partial charge < -0.3 is 19.3 Å². The van der Waals surface area contributed by atoms with Gasteiger partial charge in [-0.2, -0.15) is 8.78 Å². The first-order chi connectivity index (χ1) is 23.2. The van der Waals surface area contributed by atoms with Crippen molar-refractivity contribution < 1.29 is 37.7 Å². The molecule has 1 aliphatic rings. The molecule has 2 rings (SSSR count). The maximum Gasteiger partial charge on any atom is 0.305 e. The van der Waals surface area contributed by atoms with Crippen LogP contribution in [0.3, 0.4) is 0 Å². The lowest BCUT2D eigenvalue weighted by Gasteiger charge is -2.22. The molecule has 1 aromatic rings. The molecule has 0 saturated heterocycles. The van der Waals surface area contributed by atoms with Crippen molar-refractivity contribution in [3.63, 3.8) is 0 Å². The quantitative estimate of drug-likeness (QED) is 0.0598. The molecular weight excluding hydrogens is 614 g/mol. The summed E-state index contributed by atoms with van der Waals surface area (Å²) in [6.07, 6.45) is 25.9. The zero-order chi connectivity index (χ0) is 34.9. The van der Waals surface area contributed by atoms with Gasteiger partial charge in [0.2, 0.25) is 0 Å². The van der Waals surface area contributed by atoms with Crippen molar-refractivity contribution in [2.24, 2.45) is 11.8 Å². The zero-order valence-corrected chi connectivity index (χ0v) is 29.3. The number of unbranched alkanes of at least 4 members (excludes halogenated alkanes) is 11. The second-order valence-corrected chi connectivity index (χ2v) is 13.0. The van der Waals surface area contributed by atoms with Crippen molar-refractivity contribution in [2.45, 2.75) is 141 Å². The summed E-state index contributed by atoms with van der Waals surface area (Å²) in [4.78, 5) is 23.8. The molecule has 0 amide bonds. The van der Waals surface area contributed by atoms with Gasteiger partial charge in [-0.05, 0) is 69.6 Å². The first kappa shape index (κ1) is 41.2. The van der Waals surface area contributed by atoms with Gasteiger partial charge in [0.1, 0.15) is 11.9 Å². The summed E-state index contributed by atoms with van der Waals surface area (Å²) >= 11 is 0.